The van der Waals surface area contributed by atoms with E-state index in [2.05, 4.69) is 93.1 Å². The van der Waals surface area contributed by atoms with Crippen molar-refractivity contribution in [3.8, 4) is 0 Å². The molecule has 0 aliphatic carbocycles. The molecule has 0 amide bonds. The van der Waals surface area contributed by atoms with Gasteiger partial charge in [0.2, 0.25) is 0 Å². The van der Waals surface area contributed by atoms with Crippen molar-refractivity contribution in [2.45, 2.75) is 0 Å². The number of aromatic nitrogens is 1. The summed E-state index contributed by atoms with van der Waals surface area (Å²) >= 11 is 3.76. The zero-order valence-electron chi connectivity index (χ0n) is 12.8. The second kappa shape index (κ2) is 4.28. The highest BCUT2D eigenvalue weighted by atomic mass is 79.9. The minimum absolute atomic E-state index is 1.15. The second-order valence-corrected chi connectivity index (χ2v) is 7.21. The van der Waals surface area contributed by atoms with Crippen LogP contribution in [0.5, 0.6) is 0 Å². The maximum Gasteiger partial charge on any atom is 0.0620 e. The Morgan fingerprint density at radius 2 is 1.21 bits per heavy atom. The lowest BCUT2D eigenvalue weighted by molar-refractivity contribution is 1.35. The van der Waals surface area contributed by atoms with Crippen LogP contribution in [0.4, 0.5) is 0 Å². The van der Waals surface area contributed by atoms with Crippen LogP contribution in [0.1, 0.15) is 0 Å². The Morgan fingerprint density at radius 1 is 0.583 bits per heavy atom. The molecule has 0 aliphatic heterocycles. The molecule has 2 heterocycles. The van der Waals surface area contributed by atoms with Crippen LogP contribution in [0.15, 0.2) is 77.3 Å². The number of hydrogen-bond acceptors (Lipinski definition) is 0. The van der Waals surface area contributed by atoms with Gasteiger partial charge in [-0.05, 0) is 29.0 Å². The van der Waals surface area contributed by atoms with Crippen molar-refractivity contribution in [2.24, 2.45) is 0 Å². The Bertz CT molecular complexity index is 1400. The molecule has 1 nitrogen and oxygen atoms in total. The molecule has 0 fully saturated rings. The fourth-order valence-electron chi connectivity index (χ4n) is 4.27. The molecule has 6 aromatic rings. The highest BCUT2D eigenvalue weighted by Crippen LogP contribution is 2.41. The average molecular weight is 370 g/mol. The van der Waals surface area contributed by atoms with E-state index in [0.717, 1.165) is 4.47 Å². The molecule has 24 heavy (non-hydrogen) atoms. The molecule has 0 radical (unpaired) electrons. The van der Waals surface area contributed by atoms with E-state index in [1.165, 1.54) is 48.9 Å². The van der Waals surface area contributed by atoms with E-state index in [1.807, 2.05) is 0 Å². The molecule has 112 valence electrons. The molecule has 0 spiro atoms. The molecule has 0 aliphatic rings. The Kier molecular flexibility index (Phi) is 2.28. The normalized spacial score (nSPS) is 12.4. The van der Waals surface area contributed by atoms with Gasteiger partial charge >= 0.3 is 0 Å². The number of halogens is 1. The Balaban J connectivity index is 2.16. The predicted molar refractivity (Wildman–Crippen MR) is 106 cm³/mol. The first-order valence-corrected chi connectivity index (χ1v) is 8.88. The molecule has 4 aromatic carbocycles. The van der Waals surface area contributed by atoms with Gasteiger partial charge in [-0.15, -0.1) is 0 Å². The summed E-state index contributed by atoms with van der Waals surface area (Å²) in [5.41, 5.74) is 3.85. The molecule has 2 heteroatoms. The average Bonchev–Trinajstić information content (AvgIpc) is 2.96. The van der Waals surface area contributed by atoms with Gasteiger partial charge in [0.25, 0.3) is 0 Å². The third-order valence-electron chi connectivity index (χ3n) is 5.18. The van der Waals surface area contributed by atoms with Gasteiger partial charge in [0.1, 0.15) is 0 Å². The Morgan fingerprint density at radius 3 is 2.08 bits per heavy atom. The summed E-state index contributed by atoms with van der Waals surface area (Å²) in [7, 11) is 0. The molecule has 0 atom stereocenters. The standard InChI is InChI=1S/C22H12BrN/c23-17-10-4-12-19-21(17)16-9-3-8-15-14-7-1-5-13-6-2-11-18(20(13)14)24(19)22(15)16/h1-12H. The first kappa shape index (κ1) is 12.8. The van der Waals surface area contributed by atoms with E-state index in [9.17, 15) is 0 Å². The first-order chi connectivity index (χ1) is 11.8. The van der Waals surface area contributed by atoms with Crippen molar-refractivity contribution >= 4 is 64.8 Å². The van der Waals surface area contributed by atoms with Gasteiger partial charge in [0.05, 0.1) is 16.6 Å². The van der Waals surface area contributed by atoms with Gasteiger partial charge in [-0.25, -0.2) is 0 Å². The highest BCUT2D eigenvalue weighted by Gasteiger charge is 2.17. The van der Waals surface area contributed by atoms with Gasteiger partial charge in [-0.1, -0.05) is 70.5 Å². The number of hydrogen-bond donors (Lipinski definition) is 0. The Labute approximate surface area is 146 Å². The summed E-state index contributed by atoms with van der Waals surface area (Å²) in [5, 5.41) is 7.89. The van der Waals surface area contributed by atoms with Crippen LogP contribution >= 0.6 is 15.9 Å². The summed E-state index contributed by atoms with van der Waals surface area (Å²) in [4.78, 5) is 0. The molecule has 0 unspecified atom stereocenters. The molecule has 2 aromatic heterocycles. The predicted octanol–water partition coefficient (Wildman–Crippen LogP) is 6.75. The van der Waals surface area contributed by atoms with Crippen LogP contribution in [-0.2, 0) is 0 Å². The van der Waals surface area contributed by atoms with Crippen molar-refractivity contribution in [3.05, 3.63) is 77.3 Å². The van der Waals surface area contributed by atoms with Crippen molar-refractivity contribution in [2.75, 3.05) is 0 Å². The minimum Gasteiger partial charge on any atom is -0.308 e. The number of nitrogens with zero attached hydrogens (tertiary/aromatic N) is 1. The number of rotatable bonds is 0. The smallest absolute Gasteiger partial charge is 0.0620 e. The molecule has 0 N–H and O–H groups in total. The molecule has 6 rings (SSSR count). The molecular formula is C22H12BrN. The van der Waals surface area contributed by atoms with E-state index in [-0.39, 0.29) is 0 Å². The summed E-state index contributed by atoms with van der Waals surface area (Å²) in [5.74, 6) is 0. The van der Waals surface area contributed by atoms with E-state index >= 15 is 0 Å². The van der Waals surface area contributed by atoms with Crippen molar-refractivity contribution < 1.29 is 0 Å². The van der Waals surface area contributed by atoms with Crippen molar-refractivity contribution in [1.29, 1.82) is 0 Å². The van der Waals surface area contributed by atoms with Gasteiger partial charge in [0.15, 0.2) is 0 Å². The highest BCUT2D eigenvalue weighted by molar-refractivity contribution is 9.10. The summed E-state index contributed by atoms with van der Waals surface area (Å²) < 4.78 is 3.58. The van der Waals surface area contributed by atoms with E-state index in [0.29, 0.717) is 0 Å². The third-order valence-corrected chi connectivity index (χ3v) is 5.84. The van der Waals surface area contributed by atoms with E-state index in [4.69, 9.17) is 0 Å². The molecule has 0 bridgehead atoms. The lowest BCUT2D eigenvalue weighted by atomic mass is 9.99. The lowest BCUT2D eigenvalue weighted by Gasteiger charge is -2.12. The maximum atomic E-state index is 3.76. The van der Waals surface area contributed by atoms with Crippen LogP contribution in [0.3, 0.4) is 0 Å². The topological polar surface area (TPSA) is 4.41 Å². The zero-order valence-corrected chi connectivity index (χ0v) is 14.3. The number of para-hydroxylation sites is 1. The molecule has 0 saturated heterocycles. The summed E-state index contributed by atoms with van der Waals surface area (Å²) in [6, 6.07) is 26.3. The van der Waals surface area contributed by atoms with Gasteiger partial charge in [-0.3, -0.25) is 0 Å². The lowest BCUT2D eigenvalue weighted by Crippen LogP contribution is -1.91. The zero-order chi connectivity index (χ0) is 15.8. The number of fused-ring (bicyclic) bond motifs is 5. The molecule has 0 saturated carbocycles. The van der Waals surface area contributed by atoms with E-state index < -0.39 is 0 Å². The van der Waals surface area contributed by atoms with Crippen molar-refractivity contribution in [1.82, 2.24) is 4.40 Å². The van der Waals surface area contributed by atoms with Crippen LogP contribution in [0.25, 0.3) is 48.9 Å². The number of pyridine rings is 1. The maximum absolute atomic E-state index is 3.76. The van der Waals surface area contributed by atoms with Crippen LogP contribution in [0.2, 0.25) is 0 Å². The van der Waals surface area contributed by atoms with Gasteiger partial charge < -0.3 is 4.40 Å². The Hall–Kier alpha value is -2.58. The van der Waals surface area contributed by atoms with Crippen molar-refractivity contribution in [3.63, 3.8) is 0 Å². The van der Waals surface area contributed by atoms with Gasteiger partial charge in [-0.2, -0.15) is 0 Å². The summed E-state index contributed by atoms with van der Waals surface area (Å²) in [6.07, 6.45) is 0. The SMILES string of the molecule is Brc1cccc2c1c1cccc3c4cccc5cccc(c54)n2c31. The fraction of sp³-hybridized carbons (Fsp3) is 0. The first-order valence-electron chi connectivity index (χ1n) is 8.09. The van der Waals surface area contributed by atoms with E-state index in [1.54, 1.807) is 0 Å². The monoisotopic (exact) mass is 369 g/mol. The molecular weight excluding hydrogens is 358 g/mol. The van der Waals surface area contributed by atoms with Crippen LogP contribution < -0.4 is 0 Å². The van der Waals surface area contributed by atoms with Gasteiger partial charge in [0, 0.05) is 26.0 Å². The quantitative estimate of drug-likeness (QED) is 0.206. The van der Waals surface area contributed by atoms with Crippen LogP contribution in [0, 0.1) is 0 Å². The van der Waals surface area contributed by atoms with Crippen LogP contribution in [-0.4, -0.2) is 4.40 Å². The second-order valence-electron chi connectivity index (χ2n) is 6.35. The fourth-order valence-corrected chi connectivity index (χ4v) is 4.84. The third kappa shape index (κ3) is 1.37. The summed E-state index contributed by atoms with van der Waals surface area (Å²) in [6.45, 7) is 0. The minimum atomic E-state index is 1.15. The number of benzene rings is 4. The largest absolute Gasteiger partial charge is 0.308 e.